The van der Waals surface area contributed by atoms with Crippen molar-refractivity contribution in [3.05, 3.63) is 126 Å². The van der Waals surface area contributed by atoms with Gasteiger partial charge in [0.1, 0.15) is 28.3 Å². The van der Waals surface area contributed by atoms with Crippen LogP contribution in [0.3, 0.4) is 0 Å². The molecular weight excluding hydrogens is 580 g/mol. The molecule has 7 aromatic rings. The molecule has 0 unspecified atom stereocenters. The van der Waals surface area contributed by atoms with Crippen LogP contribution in [0, 0.1) is 6.92 Å². The lowest BCUT2D eigenvalue weighted by Gasteiger charge is -2.14. The molecule has 6 aromatic carbocycles. The Morgan fingerprint density at radius 2 is 1.28 bits per heavy atom. The van der Waals surface area contributed by atoms with Crippen molar-refractivity contribution < 1.29 is 28.2 Å². The number of esters is 1. The van der Waals surface area contributed by atoms with Gasteiger partial charge in [0.15, 0.2) is 5.58 Å². The Morgan fingerprint density at radius 3 is 1.93 bits per heavy atom. The van der Waals surface area contributed by atoms with E-state index in [1.165, 1.54) is 14.2 Å². The van der Waals surface area contributed by atoms with Gasteiger partial charge in [-0.2, -0.15) is 0 Å². The third-order valence-electron chi connectivity index (χ3n) is 7.81. The second kappa shape index (κ2) is 11.7. The minimum Gasteiger partial charge on any atom is -0.496 e. The fourth-order valence-electron chi connectivity index (χ4n) is 5.48. The fraction of sp³-hybridized carbons (Fsp3) is 0.0789. The van der Waals surface area contributed by atoms with Crippen molar-refractivity contribution in [3.63, 3.8) is 0 Å². The first-order chi connectivity index (χ1) is 22.4. The summed E-state index contributed by atoms with van der Waals surface area (Å²) in [6, 6.07) is 33.2. The molecule has 0 aliphatic heterocycles. The number of anilines is 1. The van der Waals surface area contributed by atoms with Gasteiger partial charge < -0.3 is 23.9 Å². The van der Waals surface area contributed by atoms with Gasteiger partial charge in [-0.3, -0.25) is 4.79 Å². The molecule has 0 atom stereocenters. The van der Waals surface area contributed by atoms with Crippen molar-refractivity contribution in [1.82, 2.24) is 4.98 Å². The summed E-state index contributed by atoms with van der Waals surface area (Å²) in [4.78, 5) is 31.9. The van der Waals surface area contributed by atoms with Crippen LogP contribution in [0.1, 0.15) is 26.3 Å². The van der Waals surface area contributed by atoms with E-state index in [1.807, 2.05) is 79.7 Å². The van der Waals surface area contributed by atoms with E-state index in [0.29, 0.717) is 39.4 Å². The standard InChI is InChI=1S/C38H28N2O6/c1-22-12-14-33-31(16-22)40-37(45-33)29-21-27(39-36(41)28-17-23-8-4-6-10-25(23)19-34(28)43-2)13-15-32(29)46-38(42)30-18-24-9-5-7-11-26(24)20-35(30)44-3/h4-21H,1-3H3,(H,39,41). The zero-order valence-electron chi connectivity index (χ0n) is 25.3. The molecule has 8 heteroatoms. The Kier molecular flexibility index (Phi) is 7.30. The van der Waals surface area contributed by atoms with Crippen LogP contribution in [0.25, 0.3) is 44.1 Å². The Labute approximate surface area is 264 Å². The maximum absolute atomic E-state index is 13.6. The van der Waals surface area contributed by atoms with Crippen LogP contribution in [0.15, 0.2) is 114 Å². The number of amides is 1. The molecule has 0 bridgehead atoms. The zero-order valence-corrected chi connectivity index (χ0v) is 25.3. The smallest absolute Gasteiger partial charge is 0.347 e. The molecule has 0 saturated heterocycles. The Morgan fingerprint density at radius 1 is 0.674 bits per heavy atom. The quantitative estimate of drug-likeness (QED) is 0.143. The highest BCUT2D eigenvalue weighted by Crippen LogP contribution is 2.36. The lowest BCUT2D eigenvalue weighted by atomic mass is 10.0. The lowest BCUT2D eigenvalue weighted by Crippen LogP contribution is -2.14. The first-order valence-electron chi connectivity index (χ1n) is 14.6. The van der Waals surface area contributed by atoms with E-state index in [1.54, 1.807) is 36.4 Å². The van der Waals surface area contributed by atoms with Gasteiger partial charge in [0.25, 0.3) is 5.91 Å². The number of rotatable bonds is 7. The maximum Gasteiger partial charge on any atom is 0.347 e. The number of nitrogens with one attached hydrogen (secondary N) is 1. The van der Waals surface area contributed by atoms with Crippen LogP contribution in [0.2, 0.25) is 0 Å². The normalized spacial score (nSPS) is 11.1. The zero-order chi connectivity index (χ0) is 31.8. The summed E-state index contributed by atoms with van der Waals surface area (Å²) in [5, 5.41) is 6.61. The summed E-state index contributed by atoms with van der Waals surface area (Å²) in [6.45, 7) is 1.97. The van der Waals surface area contributed by atoms with Gasteiger partial charge in [0.2, 0.25) is 5.89 Å². The highest BCUT2D eigenvalue weighted by Gasteiger charge is 2.22. The molecule has 0 fully saturated rings. The summed E-state index contributed by atoms with van der Waals surface area (Å²) < 4.78 is 23.2. The Balaban J connectivity index is 1.28. The summed E-state index contributed by atoms with van der Waals surface area (Å²) in [7, 11) is 3.04. The molecule has 0 aliphatic rings. The van der Waals surface area contributed by atoms with Crippen LogP contribution < -0.4 is 19.5 Å². The number of ether oxygens (including phenoxy) is 3. The van der Waals surface area contributed by atoms with Crippen molar-refractivity contribution in [2.45, 2.75) is 6.92 Å². The molecule has 1 amide bonds. The van der Waals surface area contributed by atoms with Crippen LogP contribution in [0.5, 0.6) is 17.2 Å². The van der Waals surface area contributed by atoms with Gasteiger partial charge in [0.05, 0.1) is 25.3 Å². The number of fused-ring (bicyclic) bond motifs is 3. The highest BCUT2D eigenvalue weighted by molar-refractivity contribution is 6.09. The average Bonchev–Trinajstić information content (AvgIpc) is 3.50. The summed E-state index contributed by atoms with van der Waals surface area (Å²) in [5.41, 5.74) is 3.71. The van der Waals surface area contributed by atoms with Gasteiger partial charge in [-0.1, -0.05) is 54.6 Å². The highest BCUT2D eigenvalue weighted by atomic mass is 16.5. The minimum absolute atomic E-state index is 0.199. The molecule has 0 radical (unpaired) electrons. The molecule has 0 saturated carbocycles. The monoisotopic (exact) mass is 608 g/mol. The second-order valence-corrected chi connectivity index (χ2v) is 10.8. The van der Waals surface area contributed by atoms with E-state index in [-0.39, 0.29) is 23.1 Å². The van der Waals surface area contributed by atoms with E-state index in [0.717, 1.165) is 27.1 Å². The van der Waals surface area contributed by atoms with Gasteiger partial charge in [-0.15, -0.1) is 0 Å². The summed E-state index contributed by atoms with van der Waals surface area (Å²) in [6.07, 6.45) is 0. The number of nitrogens with zero attached hydrogens (tertiary/aromatic N) is 1. The molecule has 8 nitrogen and oxygen atoms in total. The number of hydrogen-bond acceptors (Lipinski definition) is 7. The molecule has 7 rings (SSSR count). The van der Waals surface area contributed by atoms with Crippen molar-refractivity contribution in [3.8, 4) is 28.7 Å². The summed E-state index contributed by atoms with van der Waals surface area (Å²) in [5.74, 6) is 0.273. The predicted octanol–water partition coefficient (Wildman–Crippen LogP) is 8.60. The van der Waals surface area contributed by atoms with Crippen LogP contribution in [-0.2, 0) is 0 Å². The topological polar surface area (TPSA) is 99.9 Å². The van der Waals surface area contributed by atoms with E-state index in [2.05, 4.69) is 10.3 Å². The van der Waals surface area contributed by atoms with Gasteiger partial charge in [-0.25, -0.2) is 9.78 Å². The number of carbonyl (C=O) groups is 2. The van der Waals surface area contributed by atoms with Gasteiger partial charge >= 0.3 is 5.97 Å². The molecule has 0 spiro atoms. The number of aromatic nitrogens is 1. The van der Waals surface area contributed by atoms with E-state index in [4.69, 9.17) is 18.6 Å². The maximum atomic E-state index is 13.6. The predicted molar refractivity (Wildman–Crippen MR) is 178 cm³/mol. The number of hydrogen-bond donors (Lipinski definition) is 1. The lowest BCUT2D eigenvalue weighted by molar-refractivity contribution is 0.0732. The number of methoxy groups -OCH3 is 2. The molecule has 1 heterocycles. The largest absolute Gasteiger partial charge is 0.496 e. The Bertz CT molecular complexity index is 2310. The molecular formula is C38H28N2O6. The molecule has 0 aliphatic carbocycles. The van der Waals surface area contributed by atoms with Crippen molar-refractivity contribution >= 4 is 50.2 Å². The fourth-order valence-corrected chi connectivity index (χ4v) is 5.48. The molecule has 226 valence electrons. The summed E-state index contributed by atoms with van der Waals surface area (Å²) >= 11 is 0. The molecule has 46 heavy (non-hydrogen) atoms. The first kappa shape index (κ1) is 28.6. The number of oxazole rings is 1. The number of benzene rings is 6. The van der Waals surface area contributed by atoms with E-state index >= 15 is 0 Å². The number of aryl methyl sites for hydroxylation is 1. The Hall–Kier alpha value is -6.15. The minimum atomic E-state index is -0.617. The molecule has 1 N–H and O–H groups in total. The van der Waals surface area contributed by atoms with Crippen LogP contribution >= 0.6 is 0 Å². The average molecular weight is 609 g/mol. The van der Waals surface area contributed by atoms with Crippen molar-refractivity contribution in [1.29, 1.82) is 0 Å². The third kappa shape index (κ3) is 5.37. The third-order valence-corrected chi connectivity index (χ3v) is 7.81. The second-order valence-electron chi connectivity index (χ2n) is 10.8. The first-order valence-corrected chi connectivity index (χ1v) is 14.6. The van der Waals surface area contributed by atoms with Crippen LogP contribution in [-0.4, -0.2) is 31.1 Å². The molecule has 1 aromatic heterocycles. The van der Waals surface area contributed by atoms with E-state index in [9.17, 15) is 9.59 Å². The van der Waals surface area contributed by atoms with Crippen LogP contribution in [0.4, 0.5) is 5.69 Å². The van der Waals surface area contributed by atoms with E-state index < -0.39 is 5.97 Å². The SMILES string of the molecule is COc1cc2ccccc2cc1C(=O)Nc1ccc(OC(=O)c2cc3ccccc3cc2OC)c(-c2nc3cc(C)ccc3o2)c1. The number of carbonyl (C=O) groups excluding carboxylic acids is 2. The van der Waals surface area contributed by atoms with Crippen molar-refractivity contribution in [2.75, 3.05) is 19.5 Å². The van der Waals surface area contributed by atoms with Gasteiger partial charge in [0, 0.05) is 5.69 Å². The van der Waals surface area contributed by atoms with Crippen molar-refractivity contribution in [2.24, 2.45) is 0 Å². The van der Waals surface area contributed by atoms with Gasteiger partial charge in [-0.05, 0) is 88.6 Å².